The number of fused-ring (bicyclic) bond motifs is 1. The van der Waals surface area contributed by atoms with Crippen molar-refractivity contribution in [3.63, 3.8) is 0 Å². The van der Waals surface area contributed by atoms with Crippen LogP contribution in [0.2, 0.25) is 0 Å². The molecule has 1 N–H and O–H groups in total. The minimum atomic E-state index is -0.286. The van der Waals surface area contributed by atoms with Crippen LogP contribution in [0.1, 0.15) is 18.2 Å². The highest BCUT2D eigenvalue weighted by atomic mass is 32.1. The third-order valence-corrected chi connectivity index (χ3v) is 5.43. The Labute approximate surface area is 128 Å². The van der Waals surface area contributed by atoms with E-state index in [0.717, 1.165) is 26.1 Å². The molecule has 3 heterocycles. The topological polar surface area (TPSA) is 52.7 Å². The Morgan fingerprint density at radius 3 is 2.86 bits per heavy atom. The van der Waals surface area contributed by atoms with Crippen LogP contribution in [-0.2, 0) is 16.1 Å². The Bertz CT molecular complexity index is 531. The molecule has 0 saturated carbocycles. The smallest absolute Gasteiger partial charge is 0.242 e. The molecular formula is C15H21N3O2S. The number of amides is 2. The summed E-state index contributed by atoms with van der Waals surface area (Å²) in [7, 11) is 1.64. The van der Waals surface area contributed by atoms with Gasteiger partial charge in [0.25, 0.3) is 0 Å². The van der Waals surface area contributed by atoms with Crippen LogP contribution in [0, 0.1) is 5.92 Å². The summed E-state index contributed by atoms with van der Waals surface area (Å²) in [5.41, 5.74) is 0. The SMILES string of the molecule is CNC(=O)[C@@H]1C[C@H]2CN(Cc3cccs3)C[C@H]2N1C(C)=O. The third-order valence-electron chi connectivity index (χ3n) is 4.57. The number of hydrogen-bond acceptors (Lipinski definition) is 4. The summed E-state index contributed by atoms with van der Waals surface area (Å²) < 4.78 is 0. The highest BCUT2D eigenvalue weighted by Gasteiger charge is 2.49. The average Bonchev–Trinajstić information content (AvgIpc) is 3.12. The molecule has 2 amide bonds. The second-order valence-corrected chi connectivity index (χ2v) is 6.93. The molecule has 2 saturated heterocycles. The highest BCUT2D eigenvalue weighted by Crippen LogP contribution is 2.36. The van der Waals surface area contributed by atoms with Crippen LogP contribution in [0.15, 0.2) is 17.5 Å². The van der Waals surface area contributed by atoms with Crippen LogP contribution in [-0.4, -0.2) is 53.8 Å². The molecule has 0 radical (unpaired) electrons. The molecule has 1 aromatic heterocycles. The second kappa shape index (κ2) is 5.77. The van der Waals surface area contributed by atoms with E-state index in [2.05, 4.69) is 27.7 Å². The van der Waals surface area contributed by atoms with Gasteiger partial charge in [-0.25, -0.2) is 0 Å². The number of carbonyl (C=O) groups excluding carboxylic acids is 2. The van der Waals surface area contributed by atoms with Crippen molar-refractivity contribution in [2.75, 3.05) is 20.1 Å². The van der Waals surface area contributed by atoms with E-state index < -0.39 is 0 Å². The molecule has 6 heteroatoms. The molecule has 21 heavy (non-hydrogen) atoms. The Kier molecular flexibility index (Phi) is 3.99. The molecular weight excluding hydrogens is 286 g/mol. The van der Waals surface area contributed by atoms with Gasteiger partial charge in [-0.3, -0.25) is 14.5 Å². The van der Waals surface area contributed by atoms with Gasteiger partial charge in [-0.15, -0.1) is 11.3 Å². The first kappa shape index (κ1) is 14.5. The lowest BCUT2D eigenvalue weighted by atomic mass is 10.0. The molecule has 2 aliphatic heterocycles. The van der Waals surface area contributed by atoms with E-state index in [1.165, 1.54) is 4.88 Å². The molecule has 0 aromatic carbocycles. The third kappa shape index (κ3) is 2.70. The zero-order chi connectivity index (χ0) is 15.0. The van der Waals surface area contributed by atoms with Crippen molar-refractivity contribution in [1.29, 1.82) is 0 Å². The summed E-state index contributed by atoms with van der Waals surface area (Å²) in [5, 5.41) is 4.78. The van der Waals surface area contributed by atoms with Gasteiger partial charge in [0.2, 0.25) is 11.8 Å². The van der Waals surface area contributed by atoms with Crippen LogP contribution in [0.4, 0.5) is 0 Å². The molecule has 0 aliphatic carbocycles. The summed E-state index contributed by atoms with van der Waals surface area (Å²) in [6.45, 7) is 4.36. The fraction of sp³-hybridized carbons (Fsp3) is 0.600. The van der Waals surface area contributed by atoms with Gasteiger partial charge in [0.1, 0.15) is 6.04 Å². The van der Waals surface area contributed by atoms with E-state index in [1.807, 2.05) is 0 Å². The number of thiophene rings is 1. The van der Waals surface area contributed by atoms with Crippen LogP contribution in [0.3, 0.4) is 0 Å². The van der Waals surface area contributed by atoms with Crippen LogP contribution < -0.4 is 5.32 Å². The van der Waals surface area contributed by atoms with E-state index in [0.29, 0.717) is 5.92 Å². The Hall–Kier alpha value is -1.40. The lowest BCUT2D eigenvalue weighted by Crippen LogP contribution is -2.49. The number of likely N-dealkylation sites (tertiary alicyclic amines) is 2. The number of rotatable bonds is 3. The summed E-state index contributed by atoms with van der Waals surface area (Å²) in [4.78, 5) is 29.5. The molecule has 3 rings (SSSR count). The van der Waals surface area contributed by atoms with Gasteiger partial charge in [-0.05, 0) is 23.8 Å². The van der Waals surface area contributed by atoms with Gasteiger partial charge in [-0.2, -0.15) is 0 Å². The number of nitrogens with one attached hydrogen (secondary N) is 1. The lowest BCUT2D eigenvalue weighted by molar-refractivity contribution is -0.138. The Morgan fingerprint density at radius 1 is 1.43 bits per heavy atom. The normalized spacial score (nSPS) is 28.7. The zero-order valence-corrected chi connectivity index (χ0v) is 13.2. The zero-order valence-electron chi connectivity index (χ0n) is 12.4. The van der Waals surface area contributed by atoms with Crippen molar-refractivity contribution in [1.82, 2.24) is 15.1 Å². The first-order valence-corrected chi connectivity index (χ1v) is 8.23. The summed E-state index contributed by atoms with van der Waals surface area (Å²) in [6.07, 6.45) is 0.783. The monoisotopic (exact) mass is 307 g/mol. The van der Waals surface area contributed by atoms with Gasteiger partial charge in [0, 0.05) is 44.5 Å². The maximum atomic E-state index is 12.0. The summed E-state index contributed by atoms with van der Waals surface area (Å²) in [6, 6.07) is 4.12. The number of nitrogens with zero attached hydrogens (tertiary/aromatic N) is 2. The van der Waals surface area contributed by atoms with E-state index in [4.69, 9.17) is 0 Å². The Morgan fingerprint density at radius 2 is 2.24 bits per heavy atom. The molecule has 3 atom stereocenters. The quantitative estimate of drug-likeness (QED) is 0.903. The van der Waals surface area contributed by atoms with E-state index in [9.17, 15) is 9.59 Å². The van der Waals surface area contributed by atoms with Gasteiger partial charge >= 0.3 is 0 Å². The van der Waals surface area contributed by atoms with E-state index in [-0.39, 0.29) is 23.9 Å². The maximum absolute atomic E-state index is 12.0. The van der Waals surface area contributed by atoms with E-state index >= 15 is 0 Å². The molecule has 0 unspecified atom stereocenters. The van der Waals surface area contributed by atoms with Crippen LogP contribution >= 0.6 is 11.3 Å². The van der Waals surface area contributed by atoms with Crippen LogP contribution in [0.25, 0.3) is 0 Å². The van der Waals surface area contributed by atoms with Gasteiger partial charge < -0.3 is 10.2 Å². The van der Waals surface area contributed by atoms with Crippen molar-refractivity contribution in [3.8, 4) is 0 Å². The fourth-order valence-electron chi connectivity index (χ4n) is 3.72. The van der Waals surface area contributed by atoms with Crippen molar-refractivity contribution in [3.05, 3.63) is 22.4 Å². The highest BCUT2D eigenvalue weighted by molar-refractivity contribution is 7.09. The predicted molar refractivity (Wildman–Crippen MR) is 81.9 cm³/mol. The average molecular weight is 307 g/mol. The molecule has 114 valence electrons. The molecule has 1 aromatic rings. The Balaban J connectivity index is 1.70. The first-order valence-electron chi connectivity index (χ1n) is 7.35. The second-order valence-electron chi connectivity index (χ2n) is 5.89. The predicted octanol–water partition coefficient (Wildman–Crippen LogP) is 0.915. The minimum Gasteiger partial charge on any atom is -0.357 e. The molecule has 0 spiro atoms. The van der Waals surface area contributed by atoms with Crippen molar-refractivity contribution in [2.45, 2.75) is 32.0 Å². The van der Waals surface area contributed by atoms with Crippen molar-refractivity contribution >= 4 is 23.2 Å². The standard InChI is InChI=1S/C15H21N3O2S/c1-10(19)18-13(15(20)16-2)6-11-7-17(9-14(11)18)8-12-4-3-5-21-12/h3-5,11,13-14H,6-9H2,1-2H3,(H,16,20)/t11-,13-,14+/m0/s1. The molecule has 2 fully saturated rings. The first-order chi connectivity index (χ1) is 10.1. The maximum Gasteiger partial charge on any atom is 0.242 e. The van der Waals surface area contributed by atoms with Crippen molar-refractivity contribution in [2.24, 2.45) is 5.92 Å². The lowest BCUT2D eigenvalue weighted by Gasteiger charge is -2.28. The molecule has 5 nitrogen and oxygen atoms in total. The summed E-state index contributed by atoms with van der Waals surface area (Å²) in [5.74, 6) is 0.384. The molecule has 0 bridgehead atoms. The largest absolute Gasteiger partial charge is 0.357 e. The summed E-state index contributed by atoms with van der Waals surface area (Å²) >= 11 is 1.77. The van der Waals surface area contributed by atoms with Gasteiger partial charge in [0.15, 0.2) is 0 Å². The number of hydrogen-bond donors (Lipinski definition) is 1. The van der Waals surface area contributed by atoms with Crippen molar-refractivity contribution < 1.29 is 9.59 Å². The van der Waals surface area contributed by atoms with E-state index in [1.54, 1.807) is 30.2 Å². The molecule has 2 aliphatic rings. The number of carbonyl (C=O) groups is 2. The van der Waals surface area contributed by atoms with Crippen LogP contribution in [0.5, 0.6) is 0 Å². The number of likely N-dealkylation sites (N-methyl/N-ethyl adjacent to an activating group) is 1. The van der Waals surface area contributed by atoms with Gasteiger partial charge in [-0.1, -0.05) is 6.07 Å². The van der Waals surface area contributed by atoms with Gasteiger partial charge in [0.05, 0.1) is 0 Å². The minimum absolute atomic E-state index is 0.00840. The fourth-order valence-corrected chi connectivity index (χ4v) is 4.47.